The standard InChI is InChI=1S/C15H32N4O3S.HI/c1-4-16-15(17-7-5-6-14(2)3)18-8-13-23(20,21)19-9-11-22-12-10-19;/h14H,4-13H2,1-3H3,(H2,16,17,18);1H. The van der Waals surface area contributed by atoms with E-state index in [1.165, 1.54) is 4.31 Å². The molecule has 9 heteroatoms. The van der Waals surface area contributed by atoms with Gasteiger partial charge in [0.15, 0.2) is 5.96 Å². The van der Waals surface area contributed by atoms with Crippen molar-refractivity contribution in [2.45, 2.75) is 33.6 Å². The monoisotopic (exact) mass is 476 g/mol. The molecule has 1 rings (SSSR count). The summed E-state index contributed by atoms with van der Waals surface area (Å²) in [5, 5.41) is 6.25. The van der Waals surface area contributed by atoms with Crippen LogP contribution < -0.4 is 10.6 Å². The van der Waals surface area contributed by atoms with Gasteiger partial charge >= 0.3 is 0 Å². The van der Waals surface area contributed by atoms with Crippen LogP contribution in [0, 0.1) is 5.92 Å². The van der Waals surface area contributed by atoms with E-state index in [-0.39, 0.29) is 29.7 Å². The predicted molar refractivity (Wildman–Crippen MR) is 110 cm³/mol. The van der Waals surface area contributed by atoms with Gasteiger partial charge < -0.3 is 15.4 Å². The molecule has 1 aliphatic heterocycles. The van der Waals surface area contributed by atoms with Crippen molar-refractivity contribution in [3.8, 4) is 0 Å². The van der Waals surface area contributed by atoms with Crippen LogP contribution in [-0.4, -0.2) is 70.4 Å². The van der Waals surface area contributed by atoms with Crippen LogP contribution >= 0.6 is 24.0 Å². The molecule has 0 saturated carbocycles. The molecule has 2 N–H and O–H groups in total. The number of sulfonamides is 1. The van der Waals surface area contributed by atoms with Crippen LogP contribution in [0.5, 0.6) is 0 Å². The van der Waals surface area contributed by atoms with Crippen molar-refractivity contribution in [1.82, 2.24) is 14.9 Å². The molecule has 0 aromatic rings. The molecule has 144 valence electrons. The fourth-order valence-corrected chi connectivity index (χ4v) is 3.61. The highest BCUT2D eigenvalue weighted by molar-refractivity contribution is 14.0. The Hall–Kier alpha value is -0.130. The van der Waals surface area contributed by atoms with Crippen molar-refractivity contribution < 1.29 is 13.2 Å². The quantitative estimate of drug-likeness (QED) is 0.227. The average Bonchev–Trinajstić information content (AvgIpc) is 2.52. The molecule has 0 aromatic heterocycles. The summed E-state index contributed by atoms with van der Waals surface area (Å²) in [5.74, 6) is 1.44. The molecule has 1 fully saturated rings. The van der Waals surface area contributed by atoms with Crippen molar-refractivity contribution in [3.05, 3.63) is 0 Å². The summed E-state index contributed by atoms with van der Waals surface area (Å²) in [7, 11) is -3.22. The number of halogens is 1. The van der Waals surface area contributed by atoms with Gasteiger partial charge in [-0.25, -0.2) is 8.42 Å². The topological polar surface area (TPSA) is 83.0 Å². The van der Waals surface area contributed by atoms with E-state index in [0.717, 1.165) is 25.9 Å². The van der Waals surface area contributed by atoms with E-state index in [4.69, 9.17) is 4.74 Å². The number of aliphatic imine (C=N–C) groups is 1. The summed E-state index contributed by atoms with van der Waals surface area (Å²) in [6.07, 6.45) is 2.19. The van der Waals surface area contributed by atoms with Crippen molar-refractivity contribution in [1.29, 1.82) is 0 Å². The van der Waals surface area contributed by atoms with Gasteiger partial charge in [0.05, 0.1) is 19.0 Å². The maximum Gasteiger partial charge on any atom is 0.215 e. The first-order valence-corrected chi connectivity index (χ1v) is 10.1. The van der Waals surface area contributed by atoms with E-state index in [2.05, 4.69) is 29.5 Å². The number of nitrogens with one attached hydrogen (secondary N) is 2. The van der Waals surface area contributed by atoms with Crippen molar-refractivity contribution >= 4 is 40.0 Å². The molecular weight excluding hydrogens is 443 g/mol. The van der Waals surface area contributed by atoms with Crippen LogP contribution in [-0.2, 0) is 14.8 Å². The van der Waals surface area contributed by atoms with Crippen LogP contribution in [0.15, 0.2) is 4.99 Å². The molecule has 1 aliphatic rings. The second-order valence-corrected chi connectivity index (χ2v) is 8.14. The largest absolute Gasteiger partial charge is 0.379 e. The maximum absolute atomic E-state index is 12.2. The van der Waals surface area contributed by atoms with Crippen LogP contribution in [0.4, 0.5) is 0 Å². The molecular formula is C15H33IN4O3S. The molecule has 0 radical (unpaired) electrons. The third-order valence-electron chi connectivity index (χ3n) is 3.57. The number of nitrogens with zero attached hydrogens (tertiary/aromatic N) is 2. The minimum Gasteiger partial charge on any atom is -0.379 e. The van der Waals surface area contributed by atoms with Crippen LogP contribution in [0.2, 0.25) is 0 Å². The Kier molecular flexibility index (Phi) is 13.1. The molecule has 0 unspecified atom stereocenters. The molecule has 0 spiro atoms. The van der Waals surface area contributed by atoms with Crippen LogP contribution in [0.1, 0.15) is 33.6 Å². The Morgan fingerprint density at radius 3 is 2.50 bits per heavy atom. The zero-order valence-corrected chi connectivity index (χ0v) is 18.2. The predicted octanol–water partition coefficient (Wildman–Crippen LogP) is 1.26. The summed E-state index contributed by atoms with van der Waals surface area (Å²) in [5.41, 5.74) is 0. The maximum atomic E-state index is 12.2. The van der Waals surface area contributed by atoms with Crippen molar-refractivity contribution in [3.63, 3.8) is 0 Å². The number of hydrogen-bond acceptors (Lipinski definition) is 4. The van der Waals surface area contributed by atoms with Gasteiger partial charge in [-0.1, -0.05) is 13.8 Å². The highest BCUT2D eigenvalue weighted by Crippen LogP contribution is 2.05. The first kappa shape index (κ1) is 23.9. The Morgan fingerprint density at radius 1 is 1.25 bits per heavy atom. The second kappa shape index (κ2) is 13.1. The Labute approximate surface area is 164 Å². The Bertz CT molecular complexity index is 452. The summed E-state index contributed by atoms with van der Waals surface area (Å²) >= 11 is 0. The molecule has 0 atom stereocenters. The summed E-state index contributed by atoms with van der Waals surface area (Å²) in [4.78, 5) is 4.48. The third kappa shape index (κ3) is 10.00. The minimum absolute atomic E-state index is 0. The average molecular weight is 476 g/mol. The lowest BCUT2D eigenvalue weighted by Gasteiger charge is -2.26. The van der Waals surface area contributed by atoms with Gasteiger partial charge in [-0.2, -0.15) is 4.31 Å². The van der Waals surface area contributed by atoms with E-state index in [0.29, 0.717) is 44.7 Å². The molecule has 0 amide bonds. The molecule has 1 heterocycles. The number of hydrogen-bond donors (Lipinski definition) is 2. The summed E-state index contributed by atoms with van der Waals surface area (Å²) in [6.45, 7) is 10.1. The normalized spacial score (nSPS) is 16.8. The molecule has 0 aliphatic carbocycles. The van der Waals surface area contributed by atoms with Gasteiger partial charge in [0.2, 0.25) is 10.0 Å². The lowest BCUT2D eigenvalue weighted by Crippen LogP contribution is -2.45. The second-order valence-electron chi connectivity index (χ2n) is 6.05. The summed E-state index contributed by atoms with van der Waals surface area (Å²) < 4.78 is 31.2. The molecule has 24 heavy (non-hydrogen) atoms. The fourth-order valence-electron chi connectivity index (χ4n) is 2.28. The number of morpholine rings is 1. The summed E-state index contributed by atoms with van der Waals surface area (Å²) in [6, 6.07) is 0. The molecule has 0 aromatic carbocycles. The fraction of sp³-hybridized carbons (Fsp3) is 0.933. The van der Waals surface area contributed by atoms with Crippen LogP contribution in [0.25, 0.3) is 0 Å². The lowest BCUT2D eigenvalue weighted by molar-refractivity contribution is 0.0730. The van der Waals surface area contributed by atoms with Crippen molar-refractivity contribution in [2.24, 2.45) is 10.9 Å². The van der Waals surface area contributed by atoms with Gasteiger partial charge in [0.25, 0.3) is 0 Å². The SMILES string of the molecule is CCNC(=NCCCC(C)C)NCCS(=O)(=O)N1CCOCC1.I. The minimum atomic E-state index is -3.22. The molecule has 1 saturated heterocycles. The zero-order chi connectivity index (χ0) is 17.1. The lowest BCUT2D eigenvalue weighted by atomic mass is 10.1. The van der Waals surface area contributed by atoms with Crippen molar-refractivity contribution in [2.75, 3.05) is 51.7 Å². The first-order chi connectivity index (χ1) is 11.0. The van der Waals surface area contributed by atoms with Crippen LogP contribution in [0.3, 0.4) is 0 Å². The third-order valence-corrected chi connectivity index (χ3v) is 5.44. The van der Waals surface area contributed by atoms with Gasteiger partial charge in [-0.15, -0.1) is 24.0 Å². The van der Waals surface area contributed by atoms with E-state index < -0.39 is 10.0 Å². The molecule has 7 nitrogen and oxygen atoms in total. The first-order valence-electron chi connectivity index (χ1n) is 8.53. The number of ether oxygens (including phenoxy) is 1. The van der Waals surface area contributed by atoms with E-state index in [1.54, 1.807) is 0 Å². The number of guanidine groups is 1. The Balaban J connectivity index is 0.00000529. The highest BCUT2D eigenvalue weighted by Gasteiger charge is 2.23. The smallest absolute Gasteiger partial charge is 0.215 e. The van der Waals surface area contributed by atoms with E-state index >= 15 is 0 Å². The molecule has 0 bridgehead atoms. The Morgan fingerprint density at radius 2 is 1.92 bits per heavy atom. The van der Waals surface area contributed by atoms with Gasteiger partial charge in [0, 0.05) is 32.7 Å². The van der Waals surface area contributed by atoms with E-state index in [1.807, 2.05) is 6.92 Å². The van der Waals surface area contributed by atoms with Gasteiger partial charge in [0.1, 0.15) is 0 Å². The van der Waals surface area contributed by atoms with Gasteiger partial charge in [-0.3, -0.25) is 4.99 Å². The van der Waals surface area contributed by atoms with Gasteiger partial charge in [-0.05, 0) is 25.7 Å². The highest BCUT2D eigenvalue weighted by atomic mass is 127. The zero-order valence-electron chi connectivity index (χ0n) is 15.1. The number of rotatable bonds is 9. The van der Waals surface area contributed by atoms with E-state index in [9.17, 15) is 8.42 Å².